The zero-order valence-electron chi connectivity index (χ0n) is 12.9. The fraction of sp³-hybridized carbons (Fsp3) is 0.467. The van der Waals surface area contributed by atoms with E-state index < -0.39 is 0 Å². The monoisotopic (exact) mass is 317 g/mol. The van der Waals surface area contributed by atoms with Crippen molar-refractivity contribution in [3.63, 3.8) is 0 Å². The van der Waals surface area contributed by atoms with Crippen LogP contribution in [-0.4, -0.2) is 58.1 Å². The average Bonchev–Trinajstić information content (AvgIpc) is 3.14. The van der Waals surface area contributed by atoms with Gasteiger partial charge in [0.25, 0.3) is 0 Å². The average molecular weight is 317 g/mol. The lowest BCUT2D eigenvalue weighted by Gasteiger charge is -2.15. The lowest BCUT2D eigenvalue weighted by Crippen LogP contribution is -2.34. The number of fused-ring (bicyclic) bond motifs is 1. The van der Waals surface area contributed by atoms with Crippen molar-refractivity contribution >= 4 is 17.5 Å². The van der Waals surface area contributed by atoms with Crippen LogP contribution in [0.15, 0.2) is 24.4 Å². The van der Waals surface area contributed by atoms with Crippen LogP contribution in [0, 0.1) is 5.92 Å². The van der Waals surface area contributed by atoms with Crippen LogP contribution in [-0.2, 0) is 20.9 Å². The summed E-state index contributed by atoms with van der Waals surface area (Å²) in [4.78, 5) is 25.8. The van der Waals surface area contributed by atoms with E-state index in [4.69, 9.17) is 4.74 Å². The Kier molecular flexibility index (Phi) is 4.52. The molecular formula is C15H19N5O3. The Morgan fingerprint density at radius 1 is 1.43 bits per heavy atom. The second-order valence-electron chi connectivity index (χ2n) is 5.50. The fourth-order valence-electron chi connectivity index (χ4n) is 2.69. The quantitative estimate of drug-likeness (QED) is 0.800. The molecule has 1 atom stereocenters. The second-order valence-corrected chi connectivity index (χ2v) is 5.50. The summed E-state index contributed by atoms with van der Waals surface area (Å²) >= 11 is 0. The van der Waals surface area contributed by atoms with Crippen molar-refractivity contribution in [2.45, 2.75) is 13.0 Å². The van der Waals surface area contributed by atoms with Gasteiger partial charge in [-0.05, 0) is 12.1 Å². The maximum absolute atomic E-state index is 12.3. The fourth-order valence-corrected chi connectivity index (χ4v) is 2.69. The van der Waals surface area contributed by atoms with E-state index in [2.05, 4.69) is 15.5 Å². The largest absolute Gasteiger partial charge is 0.383 e. The van der Waals surface area contributed by atoms with E-state index in [1.54, 1.807) is 12.0 Å². The maximum Gasteiger partial charge on any atom is 0.225 e. The van der Waals surface area contributed by atoms with E-state index in [9.17, 15) is 9.59 Å². The normalized spacial score (nSPS) is 17.9. The van der Waals surface area contributed by atoms with Crippen LogP contribution in [0.3, 0.4) is 0 Å². The number of ether oxygens (including phenoxy) is 1. The van der Waals surface area contributed by atoms with Crippen molar-refractivity contribution in [2.24, 2.45) is 5.92 Å². The number of aromatic nitrogens is 3. The number of rotatable bonds is 6. The third-order valence-corrected chi connectivity index (χ3v) is 3.96. The van der Waals surface area contributed by atoms with Crippen molar-refractivity contribution in [1.82, 2.24) is 24.8 Å². The SMILES string of the molecule is COCCN1CC(C(=O)NCc2nnc3ccccn23)CC1=O. The lowest BCUT2D eigenvalue weighted by atomic mass is 10.1. The Labute approximate surface area is 133 Å². The molecule has 2 aromatic rings. The summed E-state index contributed by atoms with van der Waals surface area (Å²) in [5.41, 5.74) is 0.735. The lowest BCUT2D eigenvalue weighted by molar-refractivity contribution is -0.129. The molecule has 3 heterocycles. The number of amides is 2. The van der Waals surface area contributed by atoms with Crippen molar-refractivity contribution in [1.29, 1.82) is 0 Å². The zero-order valence-corrected chi connectivity index (χ0v) is 12.9. The molecule has 1 N–H and O–H groups in total. The summed E-state index contributed by atoms with van der Waals surface area (Å²) in [6, 6.07) is 5.61. The number of carbonyl (C=O) groups excluding carboxylic acids is 2. The van der Waals surface area contributed by atoms with Crippen LogP contribution < -0.4 is 5.32 Å². The molecule has 1 unspecified atom stereocenters. The second kappa shape index (κ2) is 6.74. The Bertz CT molecular complexity index is 714. The predicted molar refractivity (Wildman–Crippen MR) is 81.4 cm³/mol. The molecule has 0 radical (unpaired) electrons. The molecule has 0 bridgehead atoms. The Morgan fingerprint density at radius 2 is 2.30 bits per heavy atom. The number of hydrogen-bond acceptors (Lipinski definition) is 5. The molecule has 1 aliphatic rings. The highest BCUT2D eigenvalue weighted by Gasteiger charge is 2.33. The van der Waals surface area contributed by atoms with Gasteiger partial charge in [0.2, 0.25) is 11.8 Å². The first-order valence-electron chi connectivity index (χ1n) is 7.52. The van der Waals surface area contributed by atoms with Crippen molar-refractivity contribution < 1.29 is 14.3 Å². The molecule has 122 valence electrons. The standard InChI is InChI=1S/C15H19N5O3/c1-23-7-6-19-10-11(8-14(19)21)15(22)16-9-13-18-17-12-4-2-3-5-20(12)13/h2-5,11H,6-10H2,1H3,(H,16,22). The number of methoxy groups -OCH3 is 1. The summed E-state index contributed by atoms with van der Waals surface area (Å²) in [5.74, 6) is 0.203. The molecule has 2 amide bonds. The molecule has 1 saturated heterocycles. The molecule has 1 fully saturated rings. The number of nitrogens with zero attached hydrogens (tertiary/aromatic N) is 4. The van der Waals surface area contributed by atoms with E-state index in [0.717, 1.165) is 5.65 Å². The van der Waals surface area contributed by atoms with Crippen molar-refractivity contribution in [3.8, 4) is 0 Å². The van der Waals surface area contributed by atoms with Gasteiger partial charge in [-0.3, -0.25) is 14.0 Å². The summed E-state index contributed by atoms with van der Waals surface area (Å²) in [5, 5.41) is 10.9. The van der Waals surface area contributed by atoms with Crippen LogP contribution in [0.25, 0.3) is 5.65 Å². The van der Waals surface area contributed by atoms with E-state index in [-0.39, 0.29) is 30.7 Å². The number of nitrogens with one attached hydrogen (secondary N) is 1. The minimum Gasteiger partial charge on any atom is -0.383 e. The minimum atomic E-state index is -0.321. The molecule has 0 saturated carbocycles. The minimum absolute atomic E-state index is 0.00451. The molecule has 0 aromatic carbocycles. The molecule has 0 spiro atoms. The van der Waals surface area contributed by atoms with Gasteiger partial charge in [0.05, 0.1) is 19.1 Å². The van der Waals surface area contributed by atoms with Crippen LogP contribution in [0.2, 0.25) is 0 Å². The van der Waals surface area contributed by atoms with E-state index in [0.29, 0.717) is 25.5 Å². The first-order chi connectivity index (χ1) is 11.2. The molecule has 23 heavy (non-hydrogen) atoms. The van der Waals surface area contributed by atoms with Gasteiger partial charge in [0, 0.05) is 32.8 Å². The predicted octanol–water partition coefficient (Wildman–Crippen LogP) is -0.160. The first kappa shape index (κ1) is 15.4. The van der Waals surface area contributed by atoms with E-state index in [1.807, 2.05) is 28.8 Å². The molecule has 1 aliphatic heterocycles. The maximum atomic E-state index is 12.3. The van der Waals surface area contributed by atoms with Gasteiger partial charge in [0.15, 0.2) is 11.5 Å². The molecule has 3 rings (SSSR count). The van der Waals surface area contributed by atoms with Gasteiger partial charge in [0.1, 0.15) is 0 Å². The van der Waals surface area contributed by atoms with Crippen LogP contribution in [0.1, 0.15) is 12.2 Å². The van der Waals surface area contributed by atoms with Crippen LogP contribution >= 0.6 is 0 Å². The van der Waals surface area contributed by atoms with Crippen molar-refractivity contribution in [3.05, 3.63) is 30.2 Å². The number of pyridine rings is 1. The highest BCUT2D eigenvalue weighted by molar-refractivity contribution is 5.89. The van der Waals surface area contributed by atoms with E-state index >= 15 is 0 Å². The number of hydrogen-bond donors (Lipinski definition) is 1. The Hall–Kier alpha value is -2.48. The van der Waals surface area contributed by atoms with Crippen LogP contribution in [0.5, 0.6) is 0 Å². The highest BCUT2D eigenvalue weighted by atomic mass is 16.5. The summed E-state index contributed by atoms with van der Waals surface area (Å²) in [7, 11) is 1.59. The summed E-state index contributed by atoms with van der Waals surface area (Å²) < 4.78 is 6.80. The third-order valence-electron chi connectivity index (χ3n) is 3.96. The number of carbonyl (C=O) groups is 2. The topological polar surface area (TPSA) is 88.8 Å². The molecule has 0 aliphatic carbocycles. The van der Waals surface area contributed by atoms with Gasteiger partial charge < -0.3 is 15.0 Å². The van der Waals surface area contributed by atoms with Gasteiger partial charge in [-0.2, -0.15) is 0 Å². The van der Waals surface area contributed by atoms with Crippen LogP contribution in [0.4, 0.5) is 0 Å². The Morgan fingerprint density at radius 3 is 3.13 bits per heavy atom. The smallest absolute Gasteiger partial charge is 0.225 e. The summed E-state index contributed by atoms with van der Waals surface area (Å²) in [6.07, 6.45) is 2.10. The highest BCUT2D eigenvalue weighted by Crippen LogP contribution is 2.17. The van der Waals surface area contributed by atoms with E-state index in [1.165, 1.54) is 0 Å². The first-order valence-corrected chi connectivity index (χ1v) is 7.52. The molecule has 2 aromatic heterocycles. The van der Waals surface area contributed by atoms with Gasteiger partial charge in [-0.25, -0.2) is 0 Å². The zero-order chi connectivity index (χ0) is 16.2. The number of likely N-dealkylation sites (tertiary alicyclic amines) is 1. The molecule has 8 heteroatoms. The van der Waals surface area contributed by atoms with Gasteiger partial charge >= 0.3 is 0 Å². The Balaban J connectivity index is 1.57. The summed E-state index contributed by atoms with van der Waals surface area (Å²) in [6.45, 7) is 1.72. The third kappa shape index (κ3) is 3.31. The molecular weight excluding hydrogens is 298 g/mol. The molecule has 8 nitrogen and oxygen atoms in total. The van der Waals surface area contributed by atoms with Gasteiger partial charge in [-0.15, -0.1) is 10.2 Å². The van der Waals surface area contributed by atoms with Crippen molar-refractivity contribution in [2.75, 3.05) is 26.8 Å². The van der Waals surface area contributed by atoms with Gasteiger partial charge in [-0.1, -0.05) is 6.07 Å².